The molecule has 80 valence electrons. The number of hydrogen-bond acceptors (Lipinski definition) is 4. The maximum Gasteiger partial charge on any atom is 0.272 e. The van der Waals surface area contributed by atoms with Gasteiger partial charge in [-0.1, -0.05) is 0 Å². The zero-order chi connectivity index (χ0) is 11.4. The van der Waals surface area contributed by atoms with Gasteiger partial charge in [-0.3, -0.25) is 0 Å². The predicted molar refractivity (Wildman–Crippen MR) is 52.6 cm³/mol. The van der Waals surface area contributed by atoms with Crippen molar-refractivity contribution in [3.05, 3.63) is 16.2 Å². The smallest absolute Gasteiger partial charge is 0.272 e. The summed E-state index contributed by atoms with van der Waals surface area (Å²) in [6.45, 7) is -0.792. The molecule has 2 N–H and O–H groups in total. The molecule has 1 aromatic rings. The summed E-state index contributed by atoms with van der Waals surface area (Å²) in [5.74, 6) is -0.105. The Hall–Kier alpha value is -1.42. The highest BCUT2D eigenvalue weighted by Crippen LogP contribution is 2.29. The van der Waals surface area contributed by atoms with Gasteiger partial charge in [0.1, 0.15) is 16.2 Å². The molecule has 1 rings (SSSR count). The highest BCUT2D eigenvalue weighted by atomic mass is 79.9. The van der Waals surface area contributed by atoms with Gasteiger partial charge in [0.15, 0.2) is 6.61 Å². The average Bonchev–Trinajstić information content (AvgIpc) is 2.19. The van der Waals surface area contributed by atoms with Crippen LogP contribution >= 0.6 is 15.9 Å². The molecule has 15 heavy (non-hydrogen) atoms. The molecular formula is C8H6BrF2N3O. The Kier molecular flexibility index (Phi) is 3.80. The first-order chi connectivity index (χ1) is 7.04. The van der Waals surface area contributed by atoms with Gasteiger partial charge in [-0.2, -0.15) is 5.26 Å². The highest BCUT2D eigenvalue weighted by molar-refractivity contribution is 9.10. The molecule has 0 radical (unpaired) electrons. The molecule has 0 unspecified atom stereocenters. The summed E-state index contributed by atoms with van der Waals surface area (Å²) in [5, 5.41) is 8.57. The zero-order valence-electron chi connectivity index (χ0n) is 7.38. The number of pyridine rings is 1. The van der Waals surface area contributed by atoms with Crippen molar-refractivity contribution < 1.29 is 13.5 Å². The van der Waals surface area contributed by atoms with Crippen LogP contribution in [0.3, 0.4) is 0 Å². The summed E-state index contributed by atoms with van der Waals surface area (Å²) in [6.07, 6.45) is -2.61. The van der Waals surface area contributed by atoms with E-state index in [4.69, 9.17) is 11.0 Å². The van der Waals surface area contributed by atoms with Crippen LogP contribution in [0.15, 0.2) is 10.5 Å². The molecule has 0 aromatic carbocycles. The molecule has 0 aliphatic carbocycles. The monoisotopic (exact) mass is 277 g/mol. The van der Waals surface area contributed by atoms with E-state index < -0.39 is 13.0 Å². The molecule has 0 aliphatic heterocycles. The molecule has 0 fully saturated rings. The van der Waals surface area contributed by atoms with E-state index in [1.165, 1.54) is 6.07 Å². The fourth-order valence-corrected chi connectivity index (χ4v) is 1.14. The fourth-order valence-electron chi connectivity index (χ4n) is 0.820. The lowest BCUT2D eigenvalue weighted by Crippen LogP contribution is -2.09. The number of nitrogens with zero attached hydrogens (tertiary/aromatic N) is 2. The van der Waals surface area contributed by atoms with Crippen molar-refractivity contribution in [3.63, 3.8) is 0 Å². The number of nitrogens with two attached hydrogens (primary N) is 1. The van der Waals surface area contributed by atoms with E-state index in [0.717, 1.165) is 0 Å². The lowest BCUT2D eigenvalue weighted by Gasteiger charge is -2.08. The van der Waals surface area contributed by atoms with E-state index in [9.17, 15) is 8.78 Å². The maximum atomic E-state index is 11.9. The van der Waals surface area contributed by atoms with E-state index in [1.54, 1.807) is 6.07 Å². The molecule has 0 saturated carbocycles. The molecule has 0 amide bonds. The second-order valence-electron chi connectivity index (χ2n) is 2.53. The number of anilines is 1. The number of ether oxygens (including phenoxy) is 1. The molecule has 0 saturated heterocycles. The van der Waals surface area contributed by atoms with Crippen molar-refractivity contribution in [1.29, 1.82) is 5.26 Å². The zero-order valence-corrected chi connectivity index (χ0v) is 8.96. The van der Waals surface area contributed by atoms with Crippen LogP contribution < -0.4 is 10.5 Å². The van der Waals surface area contributed by atoms with Crippen molar-refractivity contribution >= 4 is 21.6 Å². The molecule has 4 nitrogen and oxygen atoms in total. The Morgan fingerprint density at radius 1 is 1.67 bits per heavy atom. The standard InChI is InChI=1S/C8H6BrF2N3O/c9-7-5(13)1-4(2-12)14-8(7)15-3-6(10)11/h1,6H,3H2,(H2,13,14). The van der Waals surface area contributed by atoms with Gasteiger partial charge in [0.05, 0.1) is 5.69 Å². The third kappa shape index (κ3) is 3.02. The van der Waals surface area contributed by atoms with Gasteiger partial charge in [-0.05, 0) is 22.0 Å². The summed E-state index contributed by atoms with van der Waals surface area (Å²) in [7, 11) is 0. The van der Waals surface area contributed by atoms with E-state index >= 15 is 0 Å². The number of rotatable bonds is 3. The van der Waals surface area contributed by atoms with Crippen LogP contribution in [-0.2, 0) is 0 Å². The first-order valence-electron chi connectivity index (χ1n) is 3.81. The van der Waals surface area contributed by atoms with Crippen LogP contribution in [0.5, 0.6) is 5.88 Å². The van der Waals surface area contributed by atoms with Gasteiger partial charge in [-0.25, -0.2) is 13.8 Å². The minimum Gasteiger partial charge on any atom is -0.471 e. The third-order valence-electron chi connectivity index (χ3n) is 1.42. The normalized spacial score (nSPS) is 10.1. The lowest BCUT2D eigenvalue weighted by molar-refractivity contribution is 0.0792. The SMILES string of the molecule is N#Cc1cc(N)c(Br)c(OCC(F)F)n1. The fraction of sp³-hybridized carbons (Fsp3) is 0.250. The number of nitrogen functional groups attached to an aromatic ring is 1. The molecular weight excluding hydrogens is 272 g/mol. The molecule has 0 bridgehead atoms. The van der Waals surface area contributed by atoms with Crippen LogP contribution in [0.1, 0.15) is 5.69 Å². The van der Waals surface area contributed by atoms with Gasteiger partial charge in [0.2, 0.25) is 5.88 Å². The van der Waals surface area contributed by atoms with E-state index in [2.05, 4.69) is 25.7 Å². The minimum atomic E-state index is -2.61. The van der Waals surface area contributed by atoms with Gasteiger partial charge in [0.25, 0.3) is 6.43 Å². The third-order valence-corrected chi connectivity index (χ3v) is 2.21. The lowest BCUT2D eigenvalue weighted by atomic mass is 10.3. The van der Waals surface area contributed by atoms with Crippen molar-refractivity contribution in [1.82, 2.24) is 4.98 Å². The summed E-state index contributed by atoms with van der Waals surface area (Å²) in [4.78, 5) is 3.68. The minimum absolute atomic E-state index is 0.0139. The number of hydrogen-bond donors (Lipinski definition) is 1. The van der Waals surface area contributed by atoms with E-state index in [1.807, 2.05) is 0 Å². The quantitative estimate of drug-likeness (QED) is 0.917. The van der Waals surface area contributed by atoms with Crippen molar-refractivity contribution in [2.24, 2.45) is 0 Å². The second kappa shape index (κ2) is 4.89. The van der Waals surface area contributed by atoms with Crippen molar-refractivity contribution in [3.8, 4) is 11.9 Å². The Morgan fingerprint density at radius 2 is 2.33 bits per heavy atom. The number of aromatic nitrogens is 1. The largest absolute Gasteiger partial charge is 0.471 e. The summed E-state index contributed by atoms with van der Waals surface area (Å²) < 4.78 is 28.7. The van der Waals surface area contributed by atoms with E-state index in [-0.39, 0.29) is 21.7 Å². The van der Waals surface area contributed by atoms with Crippen molar-refractivity contribution in [2.75, 3.05) is 12.3 Å². The van der Waals surface area contributed by atoms with Crippen LogP contribution in [0, 0.1) is 11.3 Å². The van der Waals surface area contributed by atoms with Gasteiger partial charge < -0.3 is 10.5 Å². The highest BCUT2D eigenvalue weighted by Gasteiger charge is 2.12. The van der Waals surface area contributed by atoms with Crippen molar-refractivity contribution in [2.45, 2.75) is 6.43 Å². The summed E-state index contributed by atoms with van der Waals surface area (Å²) in [5.41, 5.74) is 5.73. The Bertz CT molecular complexity index is 406. The van der Waals surface area contributed by atoms with Crippen LogP contribution in [-0.4, -0.2) is 18.0 Å². The summed E-state index contributed by atoms with van der Waals surface area (Å²) >= 11 is 3.03. The summed E-state index contributed by atoms with van der Waals surface area (Å²) in [6, 6.07) is 3.06. The van der Waals surface area contributed by atoms with Gasteiger partial charge >= 0.3 is 0 Å². The van der Waals surface area contributed by atoms with Crippen LogP contribution in [0.4, 0.5) is 14.5 Å². The molecule has 0 aliphatic rings. The first-order valence-corrected chi connectivity index (χ1v) is 4.61. The Balaban J connectivity index is 2.96. The van der Waals surface area contributed by atoms with Crippen LogP contribution in [0.25, 0.3) is 0 Å². The number of nitriles is 1. The Morgan fingerprint density at radius 3 is 2.87 bits per heavy atom. The van der Waals surface area contributed by atoms with Gasteiger partial charge in [0, 0.05) is 0 Å². The molecule has 1 heterocycles. The Labute approximate surface area is 92.8 Å². The molecule has 7 heteroatoms. The molecule has 0 spiro atoms. The second-order valence-corrected chi connectivity index (χ2v) is 3.32. The number of halogens is 3. The van der Waals surface area contributed by atoms with E-state index in [0.29, 0.717) is 0 Å². The molecule has 0 atom stereocenters. The average molecular weight is 278 g/mol. The predicted octanol–water partition coefficient (Wildman–Crippen LogP) is 1.94. The molecule has 1 aromatic heterocycles. The van der Waals surface area contributed by atoms with Crippen LogP contribution in [0.2, 0.25) is 0 Å². The maximum absolute atomic E-state index is 11.9. The number of alkyl halides is 2. The first kappa shape index (κ1) is 11.7. The van der Waals surface area contributed by atoms with Gasteiger partial charge in [-0.15, -0.1) is 0 Å². The topological polar surface area (TPSA) is 71.9 Å².